The molecule has 2 heterocycles. The summed E-state index contributed by atoms with van der Waals surface area (Å²) < 4.78 is 31.7. The first-order valence-electron chi connectivity index (χ1n) is 6.67. The van der Waals surface area contributed by atoms with Crippen LogP contribution < -0.4 is 4.72 Å². The van der Waals surface area contributed by atoms with Crippen LogP contribution in [0.15, 0.2) is 9.72 Å². The largest absolute Gasteiger partial charge is 0.464 e. The van der Waals surface area contributed by atoms with Crippen molar-refractivity contribution >= 4 is 27.3 Å². The van der Waals surface area contributed by atoms with Crippen LogP contribution in [0.1, 0.15) is 29.8 Å². The molecule has 118 valence electrons. The molecule has 0 amide bonds. The molecule has 1 aliphatic rings. The van der Waals surface area contributed by atoms with Gasteiger partial charge < -0.3 is 9.64 Å². The van der Waals surface area contributed by atoms with Gasteiger partial charge in [0.05, 0.1) is 12.6 Å². The van der Waals surface area contributed by atoms with Crippen LogP contribution in [0.25, 0.3) is 0 Å². The highest BCUT2D eigenvalue weighted by Crippen LogP contribution is 2.21. The van der Waals surface area contributed by atoms with Gasteiger partial charge in [0.1, 0.15) is 0 Å². The van der Waals surface area contributed by atoms with Crippen LogP contribution >= 0.6 is 11.3 Å². The highest BCUT2D eigenvalue weighted by molar-refractivity contribution is 7.91. The van der Waals surface area contributed by atoms with Gasteiger partial charge in [-0.3, -0.25) is 0 Å². The average Bonchev–Trinajstić information content (AvgIpc) is 2.96. The lowest BCUT2D eigenvalue weighted by molar-refractivity contribution is 0.0590. The lowest BCUT2D eigenvalue weighted by Gasteiger charge is -2.32. The maximum Gasteiger partial charge on any atom is 0.358 e. The van der Waals surface area contributed by atoms with E-state index in [0.717, 1.165) is 37.1 Å². The molecule has 21 heavy (non-hydrogen) atoms. The van der Waals surface area contributed by atoms with Gasteiger partial charge in [-0.05, 0) is 26.4 Å². The Kier molecular flexibility index (Phi) is 5.31. The topological polar surface area (TPSA) is 88.6 Å². The Bertz CT molecular complexity index is 599. The van der Waals surface area contributed by atoms with Crippen molar-refractivity contribution in [2.24, 2.45) is 0 Å². The van der Waals surface area contributed by atoms with Crippen molar-refractivity contribution in [1.82, 2.24) is 14.6 Å². The highest BCUT2D eigenvalue weighted by Gasteiger charge is 2.28. The Morgan fingerprint density at radius 1 is 1.57 bits per heavy atom. The van der Waals surface area contributed by atoms with Crippen LogP contribution in [0, 0.1) is 0 Å². The summed E-state index contributed by atoms with van der Waals surface area (Å²) in [6.45, 7) is 1.30. The predicted octanol–water partition coefficient (Wildman–Crippen LogP) is 0.692. The third kappa shape index (κ3) is 3.79. The zero-order chi connectivity index (χ0) is 15.5. The molecule has 1 aliphatic heterocycles. The summed E-state index contributed by atoms with van der Waals surface area (Å²) in [5, 5.41) is 0. The van der Waals surface area contributed by atoms with Gasteiger partial charge in [0.15, 0.2) is 9.90 Å². The monoisotopic (exact) mass is 333 g/mol. The molecule has 0 bridgehead atoms. The second-order valence-corrected chi connectivity index (χ2v) is 7.78. The zero-order valence-corrected chi connectivity index (χ0v) is 13.7. The Morgan fingerprint density at radius 2 is 2.33 bits per heavy atom. The van der Waals surface area contributed by atoms with Crippen molar-refractivity contribution in [3.63, 3.8) is 0 Å². The molecule has 0 saturated carbocycles. The number of hydrogen-bond acceptors (Lipinski definition) is 7. The van der Waals surface area contributed by atoms with E-state index >= 15 is 0 Å². The summed E-state index contributed by atoms with van der Waals surface area (Å²) in [7, 11) is -0.559. The predicted molar refractivity (Wildman–Crippen MR) is 78.9 cm³/mol. The number of sulfonamides is 1. The maximum absolute atomic E-state index is 12.3. The van der Waals surface area contributed by atoms with E-state index in [-0.39, 0.29) is 15.9 Å². The third-order valence-electron chi connectivity index (χ3n) is 3.59. The number of thiazole rings is 1. The molecule has 1 atom stereocenters. The van der Waals surface area contributed by atoms with Crippen LogP contribution in [0.5, 0.6) is 0 Å². The number of nitrogens with zero attached hydrogens (tertiary/aromatic N) is 2. The molecule has 0 radical (unpaired) electrons. The Labute approximate surface area is 128 Å². The number of nitrogens with one attached hydrogen (secondary N) is 1. The number of hydrogen-bond donors (Lipinski definition) is 1. The first kappa shape index (κ1) is 16.3. The number of piperidine rings is 1. The number of aromatic nitrogens is 1. The molecule has 0 spiro atoms. The normalized spacial score (nSPS) is 20.4. The van der Waals surface area contributed by atoms with Crippen molar-refractivity contribution in [2.75, 3.05) is 27.2 Å². The summed E-state index contributed by atoms with van der Waals surface area (Å²) in [5.74, 6) is -0.744. The molecule has 1 N–H and O–H groups in total. The van der Waals surface area contributed by atoms with Gasteiger partial charge in [0, 0.05) is 12.6 Å². The minimum absolute atomic E-state index is 0.0900. The van der Waals surface area contributed by atoms with Gasteiger partial charge in [0.25, 0.3) is 10.0 Å². The molecule has 1 saturated heterocycles. The summed E-state index contributed by atoms with van der Waals surface area (Å²) in [5.41, 5.74) is 1.17. The van der Waals surface area contributed by atoms with Crippen LogP contribution in [0.4, 0.5) is 0 Å². The molecule has 1 aromatic heterocycles. The van der Waals surface area contributed by atoms with Gasteiger partial charge in [-0.25, -0.2) is 22.9 Å². The van der Waals surface area contributed by atoms with Crippen LogP contribution in [0.3, 0.4) is 0 Å². The number of carbonyl (C=O) groups excluding carboxylic acids is 1. The van der Waals surface area contributed by atoms with Gasteiger partial charge in [-0.1, -0.05) is 6.42 Å². The van der Waals surface area contributed by atoms with Gasteiger partial charge in [0.2, 0.25) is 0 Å². The SMILES string of the molecule is COC(=O)c1ncsc1S(=O)(=O)NCC1CCCCN1C. The summed E-state index contributed by atoms with van der Waals surface area (Å²) >= 11 is 0.912. The Balaban J connectivity index is 2.08. The molecule has 0 aliphatic carbocycles. The summed E-state index contributed by atoms with van der Waals surface area (Å²) in [6.07, 6.45) is 3.21. The van der Waals surface area contributed by atoms with Crippen LogP contribution in [-0.4, -0.2) is 57.6 Å². The van der Waals surface area contributed by atoms with Crippen LogP contribution in [0.2, 0.25) is 0 Å². The van der Waals surface area contributed by atoms with Crippen molar-refractivity contribution in [3.05, 3.63) is 11.2 Å². The standard InChI is InChI=1S/C12H19N3O4S2/c1-15-6-4-3-5-9(15)7-14-21(17,18)12-10(11(16)19-2)13-8-20-12/h8-9,14H,3-7H2,1-2H3. The van der Waals surface area contributed by atoms with E-state index in [1.165, 1.54) is 12.6 Å². The number of likely N-dealkylation sites (N-methyl/N-ethyl adjacent to an activating group) is 1. The van der Waals surface area contributed by atoms with Gasteiger partial charge in [-0.15, -0.1) is 11.3 Å². The fraction of sp³-hybridized carbons (Fsp3) is 0.667. The third-order valence-corrected chi connectivity index (χ3v) is 6.38. The lowest BCUT2D eigenvalue weighted by atomic mass is 10.0. The number of likely N-dealkylation sites (tertiary alicyclic amines) is 1. The quantitative estimate of drug-likeness (QED) is 0.798. The number of rotatable bonds is 5. The zero-order valence-electron chi connectivity index (χ0n) is 12.0. The number of ether oxygens (including phenoxy) is 1. The van der Waals surface area contributed by atoms with E-state index in [1.54, 1.807) is 0 Å². The van der Waals surface area contributed by atoms with Crippen molar-refractivity contribution in [3.8, 4) is 0 Å². The Morgan fingerprint density at radius 3 is 3.00 bits per heavy atom. The Hall–Kier alpha value is -1.03. The van der Waals surface area contributed by atoms with Gasteiger partial charge >= 0.3 is 5.97 Å². The number of methoxy groups -OCH3 is 1. The van der Waals surface area contributed by atoms with Crippen molar-refractivity contribution in [1.29, 1.82) is 0 Å². The summed E-state index contributed by atoms with van der Waals surface area (Å²) in [4.78, 5) is 17.5. The molecule has 1 fully saturated rings. The fourth-order valence-electron chi connectivity index (χ4n) is 2.33. The smallest absolute Gasteiger partial charge is 0.358 e. The average molecular weight is 333 g/mol. The van der Waals surface area contributed by atoms with Crippen LogP contribution in [-0.2, 0) is 14.8 Å². The molecular formula is C12H19N3O4S2. The van der Waals surface area contributed by atoms with E-state index in [0.29, 0.717) is 6.54 Å². The molecule has 0 aromatic carbocycles. The highest BCUT2D eigenvalue weighted by atomic mass is 32.2. The van der Waals surface area contributed by atoms with Crippen molar-refractivity contribution in [2.45, 2.75) is 29.5 Å². The van der Waals surface area contributed by atoms with E-state index < -0.39 is 16.0 Å². The fourth-order valence-corrected chi connectivity index (χ4v) is 4.58. The second kappa shape index (κ2) is 6.82. The van der Waals surface area contributed by atoms with E-state index in [1.807, 2.05) is 7.05 Å². The first-order chi connectivity index (χ1) is 9.95. The van der Waals surface area contributed by atoms with Crippen molar-refractivity contribution < 1.29 is 17.9 Å². The number of esters is 1. The van der Waals surface area contributed by atoms with E-state index in [4.69, 9.17) is 0 Å². The molecule has 7 nitrogen and oxygen atoms in total. The van der Waals surface area contributed by atoms with E-state index in [2.05, 4.69) is 19.3 Å². The molecule has 1 aromatic rings. The summed E-state index contributed by atoms with van der Waals surface area (Å²) in [6, 6.07) is 0.183. The molecular weight excluding hydrogens is 314 g/mol. The van der Waals surface area contributed by atoms with Gasteiger partial charge in [-0.2, -0.15) is 0 Å². The van der Waals surface area contributed by atoms with E-state index in [9.17, 15) is 13.2 Å². The maximum atomic E-state index is 12.3. The molecule has 1 unspecified atom stereocenters. The first-order valence-corrected chi connectivity index (χ1v) is 9.03. The molecule has 9 heteroatoms. The minimum Gasteiger partial charge on any atom is -0.464 e. The number of carbonyl (C=O) groups is 1. The minimum atomic E-state index is -3.75. The second-order valence-electron chi connectivity index (χ2n) is 4.96. The molecule has 2 rings (SSSR count). The lowest BCUT2D eigenvalue weighted by Crippen LogP contribution is -2.44.